The van der Waals surface area contributed by atoms with E-state index < -0.39 is 27.9 Å². The van der Waals surface area contributed by atoms with Gasteiger partial charge in [-0.05, 0) is 49.9 Å². The number of anilines is 1. The highest BCUT2D eigenvalue weighted by molar-refractivity contribution is 7.89. The lowest BCUT2D eigenvalue weighted by atomic mass is 10.0. The van der Waals surface area contributed by atoms with E-state index in [0.29, 0.717) is 24.4 Å². The number of sulfonamides is 1. The highest BCUT2D eigenvalue weighted by Crippen LogP contribution is 2.20. The largest absolute Gasteiger partial charge is 0.480 e. The molecule has 5 N–H and O–H groups in total. The van der Waals surface area contributed by atoms with Gasteiger partial charge in [-0.2, -0.15) is 4.72 Å². The Bertz CT molecular complexity index is 990. The summed E-state index contributed by atoms with van der Waals surface area (Å²) in [4.78, 5) is 30.7. The second-order valence-corrected chi connectivity index (χ2v) is 10.7. The smallest absolute Gasteiger partial charge is 0.323 e. The molecule has 1 amide bonds. The number of piperidine rings is 1. The summed E-state index contributed by atoms with van der Waals surface area (Å²) in [6.07, 6.45) is 4.13. The van der Waals surface area contributed by atoms with Crippen LogP contribution in [0, 0.1) is 0 Å². The molecule has 11 nitrogen and oxygen atoms in total. The van der Waals surface area contributed by atoms with Crippen molar-refractivity contribution in [3.63, 3.8) is 0 Å². The maximum atomic E-state index is 12.5. The monoisotopic (exact) mass is 508 g/mol. The molecule has 2 heterocycles. The first-order valence-electron chi connectivity index (χ1n) is 12.2. The number of benzene rings is 1. The third kappa shape index (κ3) is 8.39. The number of carboxylic acids is 1. The summed E-state index contributed by atoms with van der Waals surface area (Å²) in [5.74, 6) is -1.06. The normalized spacial score (nSPS) is 17.7. The van der Waals surface area contributed by atoms with Crippen molar-refractivity contribution in [1.29, 1.82) is 0 Å². The summed E-state index contributed by atoms with van der Waals surface area (Å²) in [7, 11) is -3.73. The van der Waals surface area contributed by atoms with Crippen LogP contribution in [0.15, 0.2) is 29.3 Å². The number of unbranched alkanes of at least 4 members (excludes halogenated alkanes) is 1. The number of carbonyl (C=O) groups excluding carboxylic acids is 1. The Labute approximate surface area is 206 Å². The number of nitrogens with one attached hydrogen (secondary N) is 4. The van der Waals surface area contributed by atoms with Crippen LogP contribution in [0.2, 0.25) is 0 Å². The molecule has 35 heavy (non-hydrogen) atoms. The summed E-state index contributed by atoms with van der Waals surface area (Å²) >= 11 is 0. The van der Waals surface area contributed by atoms with Crippen molar-refractivity contribution in [2.75, 3.05) is 43.4 Å². The van der Waals surface area contributed by atoms with Crippen molar-refractivity contribution in [3.8, 4) is 0 Å². The van der Waals surface area contributed by atoms with Gasteiger partial charge in [0.1, 0.15) is 6.04 Å². The summed E-state index contributed by atoms with van der Waals surface area (Å²) in [6, 6.07) is 6.08. The second kappa shape index (κ2) is 12.7. The molecule has 0 unspecified atom stereocenters. The number of amides is 1. The zero-order valence-corrected chi connectivity index (χ0v) is 20.9. The van der Waals surface area contributed by atoms with Gasteiger partial charge in [-0.15, -0.1) is 0 Å². The fourth-order valence-corrected chi connectivity index (χ4v) is 5.42. The van der Waals surface area contributed by atoms with Gasteiger partial charge >= 0.3 is 5.97 Å². The molecule has 194 valence electrons. The van der Waals surface area contributed by atoms with Crippen LogP contribution in [0.3, 0.4) is 0 Å². The van der Waals surface area contributed by atoms with Gasteiger partial charge in [-0.1, -0.05) is 13.3 Å². The first kappa shape index (κ1) is 26.7. The molecule has 1 aromatic rings. The predicted octanol–water partition coefficient (Wildman–Crippen LogP) is 0.497. The highest BCUT2D eigenvalue weighted by Gasteiger charge is 2.25. The van der Waals surface area contributed by atoms with Gasteiger partial charge in [0.2, 0.25) is 10.0 Å². The molecule has 0 spiro atoms. The lowest BCUT2D eigenvalue weighted by Gasteiger charge is -2.35. The Morgan fingerprint density at radius 1 is 1.23 bits per heavy atom. The standard InChI is InChI=1S/C23H36N6O5S/c1-2-3-15-35(33,34)28-20(22(31)32)16-26-21(30)17-5-7-19(8-6-17)29-13-9-18(10-14-29)27-23-24-11-4-12-25-23/h5-8,18,20,28H,2-4,9-16H2,1H3,(H,26,30)(H,31,32)(H2,24,25,27)/t20-/m0/s1. The van der Waals surface area contributed by atoms with Crippen molar-refractivity contribution in [3.05, 3.63) is 29.8 Å². The minimum absolute atomic E-state index is 0.151. The van der Waals surface area contributed by atoms with Crippen LogP contribution in [0.1, 0.15) is 49.4 Å². The average Bonchev–Trinajstić information content (AvgIpc) is 2.86. The minimum Gasteiger partial charge on any atom is -0.480 e. The fraction of sp³-hybridized carbons (Fsp3) is 0.609. The van der Waals surface area contributed by atoms with Gasteiger partial charge in [0, 0.05) is 50.0 Å². The van der Waals surface area contributed by atoms with Crippen molar-refractivity contribution in [2.24, 2.45) is 4.99 Å². The minimum atomic E-state index is -3.73. The van der Waals surface area contributed by atoms with E-state index in [2.05, 4.69) is 30.6 Å². The molecule has 1 fully saturated rings. The van der Waals surface area contributed by atoms with Crippen LogP contribution in [-0.4, -0.2) is 81.9 Å². The van der Waals surface area contributed by atoms with Crippen LogP contribution >= 0.6 is 0 Å². The predicted molar refractivity (Wildman–Crippen MR) is 135 cm³/mol. The molecule has 0 radical (unpaired) electrons. The van der Waals surface area contributed by atoms with Crippen LogP contribution in [0.4, 0.5) is 5.69 Å². The lowest BCUT2D eigenvalue weighted by Crippen LogP contribution is -2.50. The first-order valence-corrected chi connectivity index (χ1v) is 13.8. The van der Waals surface area contributed by atoms with E-state index in [1.165, 1.54) is 0 Å². The fourth-order valence-electron chi connectivity index (χ4n) is 4.01. The Morgan fingerprint density at radius 3 is 2.54 bits per heavy atom. The van der Waals surface area contributed by atoms with Gasteiger partial charge in [0.15, 0.2) is 5.96 Å². The number of guanidine groups is 1. The molecule has 0 aromatic heterocycles. The topological polar surface area (TPSA) is 152 Å². The highest BCUT2D eigenvalue weighted by atomic mass is 32.2. The van der Waals surface area contributed by atoms with E-state index in [-0.39, 0.29) is 12.3 Å². The third-order valence-corrected chi connectivity index (χ3v) is 7.55. The summed E-state index contributed by atoms with van der Waals surface area (Å²) in [5.41, 5.74) is 1.39. The second-order valence-electron chi connectivity index (χ2n) is 8.85. The maximum Gasteiger partial charge on any atom is 0.323 e. The van der Waals surface area contributed by atoms with E-state index in [0.717, 1.165) is 57.1 Å². The molecule has 1 saturated heterocycles. The molecule has 1 aromatic carbocycles. The van der Waals surface area contributed by atoms with Gasteiger partial charge in [0.05, 0.1) is 5.75 Å². The summed E-state index contributed by atoms with van der Waals surface area (Å²) < 4.78 is 26.2. The van der Waals surface area contributed by atoms with Crippen LogP contribution in [0.25, 0.3) is 0 Å². The number of carboxylic acid groups (broad SMARTS) is 1. The number of carbonyl (C=O) groups is 2. The maximum absolute atomic E-state index is 12.5. The molecule has 0 bridgehead atoms. The van der Waals surface area contributed by atoms with E-state index in [4.69, 9.17) is 0 Å². The summed E-state index contributed by atoms with van der Waals surface area (Å²) in [6.45, 7) is 5.09. The number of nitrogens with zero attached hydrogens (tertiary/aromatic N) is 2. The van der Waals surface area contributed by atoms with Gasteiger partial charge in [-0.3, -0.25) is 14.6 Å². The average molecular weight is 509 g/mol. The van der Waals surface area contributed by atoms with Crippen LogP contribution < -0.4 is 25.6 Å². The quantitative estimate of drug-likeness (QED) is 0.290. The number of aliphatic carboxylic acids is 1. The van der Waals surface area contributed by atoms with Gasteiger partial charge in [-0.25, -0.2) is 8.42 Å². The molecule has 12 heteroatoms. The van der Waals surface area contributed by atoms with Crippen LogP contribution in [-0.2, 0) is 14.8 Å². The number of hydrogen-bond acceptors (Lipinski definition) is 8. The Kier molecular flexibility index (Phi) is 9.73. The number of rotatable bonds is 11. The molecular formula is C23H36N6O5S. The van der Waals surface area contributed by atoms with Crippen molar-refractivity contribution < 1.29 is 23.1 Å². The Morgan fingerprint density at radius 2 is 1.94 bits per heavy atom. The lowest BCUT2D eigenvalue weighted by molar-refractivity contribution is -0.138. The Hall–Kier alpha value is -2.86. The van der Waals surface area contributed by atoms with E-state index in [1.54, 1.807) is 12.1 Å². The molecule has 0 aliphatic carbocycles. The molecular weight excluding hydrogens is 472 g/mol. The first-order chi connectivity index (χ1) is 16.8. The van der Waals surface area contributed by atoms with E-state index in [9.17, 15) is 23.1 Å². The van der Waals surface area contributed by atoms with Crippen molar-refractivity contribution in [1.82, 2.24) is 20.7 Å². The Balaban J connectivity index is 1.47. The number of hydrogen-bond donors (Lipinski definition) is 5. The molecule has 3 rings (SSSR count). The molecule has 2 aliphatic heterocycles. The van der Waals surface area contributed by atoms with Gasteiger partial charge < -0.3 is 26.0 Å². The van der Waals surface area contributed by atoms with E-state index in [1.807, 2.05) is 19.1 Å². The molecule has 0 saturated carbocycles. The molecule has 2 aliphatic rings. The number of aliphatic imine (C=N–C) groups is 1. The SMILES string of the molecule is CCCCS(=O)(=O)N[C@@H](CNC(=O)c1ccc(N2CCC(NC3=NCCCN3)CC2)cc1)C(=O)O. The summed E-state index contributed by atoms with van der Waals surface area (Å²) in [5, 5.41) is 18.6. The zero-order chi connectivity index (χ0) is 25.3. The van der Waals surface area contributed by atoms with Crippen molar-refractivity contribution >= 4 is 33.5 Å². The van der Waals surface area contributed by atoms with Crippen molar-refractivity contribution in [2.45, 2.75) is 51.1 Å². The van der Waals surface area contributed by atoms with Gasteiger partial charge in [0.25, 0.3) is 5.91 Å². The molecule has 1 atom stereocenters. The van der Waals surface area contributed by atoms with E-state index >= 15 is 0 Å². The third-order valence-electron chi connectivity index (χ3n) is 6.08. The van der Waals surface area contributed by atoms with Crippen LogP contribution in [0.5, 0.6) is 0 Å². The zero-order valence-electron chi connectivity index (χ0n) is 20.1.